The number of nitrogens with zero attached hydrogens (tertiary/aromatic N) is 1. The second-order valence-electron chi connectivity index (χ2n) is 3.17. The van der Waals surface area contributed by atoms with E-state index in [-0.39, 0.29) is 4.90 Å². The van der Waals surface area contributed by atoms with Gasteiger partial charge in [0.25, 0.3) is 6.30 Å². The Labute approximate surface area is 72.1 Å². The van der Waals surface area contributed by atoms with Crippen LogP contribution in [-0.4, -0.2) is 34.1 Å². The van der Waals surface area contributed by atoms with Gasteiger partial charge >= 0.3 is 5.97 Å². The fourth-order valence-corrected chi connectivity index (χ4v) is 1.54. The Morgan fingerprint density at radius 2 is 1.92 bits per heavy atom. The van der Waals surface area contributed by atoms with Crippen molar-refractivity contribution in [1.29, 1.82) is 0 Å². The number of hydrogen-bond acceptors (Lipinski definition) is 3. The summed E-state index contributed by atoms with van der Waals surface area (Å²) in [5.74, 6) is -4.09. The number of alkyl halides is 1. The van der Waals surface area contributed by atoms with Crippen LogP contribution in [0.25, 0.3) is 0 Å². The molecule has 1 aliphatic carbocycles. The van der Waals surface area contributed by atoms with Gasteiger partial charge < -0.3 is 5.11 Å². The lowest BCUT2D eigenvalue weighted by atomic mass is 10.4. The van der Waals surface area contributed by atoms with Crippen LogP contribution >= 0.6 is 0 Å². The molecule has 13 heavy (non-hydrogen) atoms. The molecule has 0 aromatic carbocycles. The van der Waals surface area contributed by atoms with Crippen LogP contribution in [0.3, 0.4) is 0 Å². The highest BCUT2D eigenvalue weighted by atomic mass is 19.1. The van der Waals surface area contributed by atoms with Crippen molar-refractivity contribution in [3.63, 3.8) is 0 Å². The third-order valence-corrected chi connectivity index (χ3v) is 2.33. The number of piperidine rings is 1. The molecule has 0 bridgehead atoms. The zero-order chi connectivity index (χ0) is 9.75. The molecule has 3 unspecified atom stereocenters. The molecule has 2 fully saturated rings. The van der Waals surface area contributed by atoms with Crippen molar-refractivity contribution in [3.8, 4) is 0 Å². The molecule has 0 spiro atoms. The second-order valence-corrected chi connectivity index (χ2v) is 3.17. The van der Waals surface area contributed by atoms with Crippen LogP contribution in [0.4, 0.5) is 4.39 Å². The van der Waals surface area contributed by atoms with E-state index in [2.05, 4.69) is 0 Å². The van der Waals surface area contributed by atoms with E-state index in [0.29, 0.717) is 6.42 Å². The molecule has 2 rings (SSSR count). The topological polar surface area (TPSA) is 74.7 Å². The number of amides is 2. The summed E-state index contributed by atoms with van der Waals surface area (Å²) in [5.41, 5.74) is 0. The van der Waals surface area contributed by atoms with Gasteiger partial charge in [-0.15, -0.1) is 0 Å². The first-order valence-corrected chi connectivity index (χ1v) is 3.78. The van der Waals surface area contributed by atoms with E-state index in [4.69, 9.17) is 5.11 Å². The summed E-state index contributed by atoms with van der Waals surface area (Å²) in [6.45, 7) is 0. The average molecular weight is 187 g/mol. The third-order valence-electron chi connectivity index (χ3n) is 2.33. The van der Waals surface area contributed by atoms with Crippen molar-refractivity contribution >= 4 is 17.8 Å². The predicted molar refractivity (Wildman–Crippen MR) is 36.0 cm³/mol. The van der Waals surface area contributed by atoms with Crippen molar-refractivity contribution in [2.75, 3.05) is 0 Å². The molecule has 3 atom stereocenters. The normalized spacial score (nSPS) is 33.2. The Balaban J connectivity index is 2.21. The van der Waals surface area contributed by atoms with E-state index in [9.17, 15) is 18.8 Å². The van der Waals surface area contributed by atoms with Crippen LogP contribution in [0.2, 0.25) is 0 Å². The fraction of sp³-hybridized carbons (Fsp3) is 0.571. The molecule has 0 aromatic rings. The van der Waals surface area contributed by atoms with E-state index >= 15 is 0 Å². The lowest BCUT2D eigenvalue weighted by Gasteiger charge is -2.16. The molecular formula is C7H6FNO4. The Bertz CT molecular complexity index is 296. The molecular weight excluding hydrogens is 181 g/mol. The van der Waals surface area contributed by atoms with Crippen molar-refractivity contribution in [3.05, 3.63) is 0 Å². The van der Waals surface area contributed by atoms with Crippen molar-refractivity contribution in [2.24, 2.45) is 11.8 Å². The summed E-state index contributed by atoms with van der Waals surface area (Å²) in [6.07, 6.45) is -2.08. The molecule has 0 aromatic heterocycles. The Morgan fingerprint density at radius 1 is 1.46 bits per heavy atom. The van der Waals surface area contributed by atoms with Gasteiger partial charge in [-0.05, 0) is 6.42 Å². The quantitative estimate of drug-likeness (QED) is 0.461. The van der Waals surface area contributed by atoms with Crippen molar-refractivity contribution in [2.45, 2.75) is 12.7 Å². The van der Waals surface area contributed by atoms with Crippen molar-refractivity contribution < 1.29 is 23.9 Å². The largest absolute Gasteiger partial charge is 0.478 e. The number of aliphatic carboxylic acids is 1. The van der Waals surface area contributed by atoms with Gasteiger partial charge in [-0.1, -0.05) is 0 Å². The van der Waals surface area contributed by atoms with Gasteiger partial charge in [-0.2, -0.15) is 0 Å². The number of hydrogen-bond donors (Lipinski definition) is 1. The number of carbonyl (C=O) groups excluding carboxylic acids is 2. The molecule has 1 aliphatic heterocycles. The van der Waals surface area contributed by atoms with Crippen molar-refractivity contribution in [1.82, 2.24) is 4.90 Å². The first kappa shape index (κ1) is 8.15. The molecule has 0 radical (unpaired) electrons. The van der Waals surface area contributed by atoms with E-state index in [0.717, 1.165) is 0 Å². The Morgan fingerprint density at radius 3 is 2.31 bits per heavy atom. The van der Waals surface area contributed by atoms with Gasteiger partial charge in [-0.3, -0.25) is 9.59 Å². The van der Waals surface area contributed by atoms with Crippen LogP contribution < -0.4 is 0 Å². The lowest BCUT2D eigenvalue weighted by Crippen LogP contribution is -2.43. The minimum absolute atomic E-state index is 0.209. The van der Waals surface area contributed by atoms with E-state index < -0.39 is 35.9 Å². The number of carbonyl (C=O) groups is 3. The van der Waals surface area contributed by atoms with Gasteiger partial charge in [0, 0.05) is 0 Å². The maximum Gasteiger partial charge on any atom is 0.360 e. The number of carboxylic acid groups (broad SMARTS) is 1. The second kappa shape index (κ2) is 2.27. The van der Waals surface area contributed by atoms with Crippen LogP contribution in [-0.2, 0) is 14.4 Å². The van der Waals surface area contributed by atoms with Gasteiger partial charge in [0.1, 0.15) is 0 Å². The van der Waals surface area contributed by atoms with Crippen LogP contribution in [0, 0.1) is 11.8 Å². The monoisotopic (exact) mass is 187 g/mol. The summed E-state index contributed by atoms with van der Waals surface area (Å²) < 4.78 is 12.8. The maximum atomic E-state index is 12.8. The standard InChI is InChI=1S/C7H6FNO4/c8-4(7(12)13)9-5(10)2-1-3(2)6(9)11/h2-4H,1H2,(H,12,13). The highest BCUT2D eigenvalue weighted by Crippen LogP contribution is 2.47. The zero-order valence-corrected chi connectivity index (χ0v) is 6.44. The molecule has 5 nitrogen and oxygen atoms in total. The summed E-state index contributed by atoms with van der Waals surface area (Å²) in [4.78, 5) is 32.6. The number of likely N-dealkylation sites (tertiary alicyclic amines) is 1. The highest BCUT2D eigenvalue weighted by molar-refractivity contribution is 6.10. The highest BCUT2D eigenvalue weighted by Gasteiger charge is 2.61. The molecule has 1 saturated heterocycles. The minimum Gasteiger partial charge on any atom is -0.478 e. The number of fused-ring (bicyclic) bond motifs is 1. The summed E-state index contributed by atoms with van der Waals surface area (Å²) in [6, 6.07) is 0. The molecule has 1 heterocycles. The SMILES string of the molecule is O=C(O)C(F)N1C(=O)C2CC2C1=O. The number of carboxylic acids is 1. The Hall–Kier alpha value is -1.46. The lowest BCUT2D eigenvalue weighted by molar-refractivity contribution is -0.163. The summed E-state index contributed by atoms with van der Waals surface area (Å²) in [5, 5.41) is 8.26. The fourth-order valence-electron chi connectivity index (χ4n) is 1.54. The molecule has 2 amide bonds. The van der Waals surface area contributed by atoms with Crippen LogP contribution in [0.15, 0.2) is 0 Å². The van der Waals surface area contributed by atoms with Gasteiger partial charge in [0.15, 0.2) is 0 Å². The molecule has 1 saturated carbocycles. The average Bonchev–Trinajstić information content (AvgIpc) is 2.77. The predicted octanol–water partition coefficient (Wildman–Crippen LogP) is -0.629. The molecule has 6 heteroatoms. The molecule has 1 N–H and O–H groups in total. The first-order valence-electron chi connectivity index (χ1n) is 3.78. The molecule has 2 aliphatic rings. The zero-order valence-electron chi connectivity index (χ0n) is 6.44. The minimum atomic E-state index is -2.52. The van der Waals surface area contributed by atoms with Crippen LogP contribution in [0.1, 0.15) is 6.42 Å². The van der Waals surface area contributed by atoms with Crippen LogP contribution in [0.5, 0.6) is 0 Å². The van der Waals surface area contributed by atoms with E-state index in [1.807, 2.05) is 0 Å². The van der Waals surface area contributed by atoms with Gasteiger partial charge in [-0.25, -0.2) is 14.1 Å². The van der Waals surface area contributed by atoms with Gasteiger partial charge in [0.2, 0.25) is 11.8 Å². The first-order chi connectivity index (χ1) is 6.04. The number of imide groups is 1. The Kier molecular flexibility index (Phi) is 1.43. The van der Waals surface area contributed by atoms with E-state index in [1.54, 1.807) is 0 Å². The number of rotatable bonds is 2. The van der Waals surface area contributed by atoms with E-state index in [1.165, 1.54) is 0 Å². The third kappa shape index (κ3) is 0.944. The summed E-state index contributed by atoms with van der Waals surface area (Å²) in [7, 11) is 0. The number of halogens is 1. The summed E-state index contributed by atoms with van der Waals surface area (Å²) >= 11 is 0. The van der Waals surface area contributed by atoms with Gasteiger partial charge in [0.05, 0.1) is 11.8 Å². The smallest absolute Gasteiger partial charge is 0.360 e. The molecule has 70 valence electrons. The maximum absolute atomic E-state index is 12.8.